The smallest absolute Gasteiger partial charge is 0.276 e. The fourth-order valence-corrected chi connectivity index (χ4v) is 0.233. The summed E-state index contributed by atoms with van der Waals surface area (Å²) in [4.78, 5) is 12.5. The van der Waals surface area contributed by atoms with E-state index < -0.39 is 16.6 Å². The highest BCUT2D eigenvalue weighted by Gasteiger charge is 1.94. The van der Waals surface area contributed by atoms with E-state index in [0.717, 1.165) is 0 Å². The molecule has 0 unspecified atom stereocenters. The first-order chi connectivity index (χ1) is 3.66. The number of hydrogen-bond acceptors (Lipinski definition) is 5. The van der Waals surface area contributed by atoms with Gasteiger partial charge in [0, 0.05) is 0 Å². The molecular formula is CHNO5S. The SMILES string of the molecule is O=C(N=S(=O)=O)OO. The van der Waals surface area contributed by atoms with Gasteiger partial charge in [-0.1, -0.05) is 4.36 Å². The molecule has 7 heteroatoms. The maximum absolute atomic E-state index is 9.59. The fourth-order valence-electron chi connectivity index (χ4n) is 0.0775. The first-order valence-electron chi connectivity index (χ1n) is 1.33. The van der Waals surface area contributed by atoms with Crippen LogP contribution in [0.3, 0.4) is 0 Å². The number of carbonyl (C=O) groups excluding carboxylic acids is 1. The monoisotopic (exact) mass is 139 g/mol. The van der Waals surface area contributed by atoms with Crippen molar-refractivity contribution in [3.05, 3.63) is 0 Å². The van der Waals surface area contributed by atoms with Crippen molar-refractivity contribution in [3.63, 3.8) is 0 Å². The molecule has 0 aliphatic heterocycles. The van der Waals surface area contributed by atoms with E-state index >= 15 is 0 Å². The van der Waals surface area contributed by atoms with Gasteiger partial charge in [0.2, 0.25) is 0 Å². The number of rotatable bonds is 0. The van der Waals surface area contributed by atoms with Crippen molar-refractivity contribution in [2.75, 3.05) is 0 Å². The van der Waals surface area contributed by atoms with Crippen LogP contribution in [-0.4, -0.2) is 19.8 Å². The highest BCUT2D eigenvalue weighted by atomic mass is 32.2. The fraction of sp³-hybridized carbons (Fsp3) is 0. The molecule has 0 bridgehead atoms. The Morgan fingerprint density at radius 3 is 2.25 bits per heavy atom. The zero-order valence-corrected chi connectivity index (χ0v) is 4.25. The molecule has 0 aromatic carbocycles. The van der Waals surface area contributed by atoms with Gasteiger partial charge in [-0.3, -0.25) is 4.89 Å². The van der Waals surface area contributed by atoms with Crippen LogP contribution in [0.4, 0.5) is 4.79 Å². The lowest BCUT2D eigenvalue weighted by molar-refractivity contribution is -0.174. The molecule has 0 radical (unpaired) electrons. The molecule has 0 fully saturated rings. The molecule has 6 nitrogen and oxygen atoms in total. The van der Waals surface area contributed by atoms with Crippen LogP contribution in [0.5, 0.6) is 0 Å². The highest BCUT2D eigenvalue weighted by molar-refractivity contribution is 7.62. The minimum Gasteiger partial charge on any atom is -0.276 e. The number of nitrogens with zero attached hydrogens (tertiary/aromatic N) is 1. The molecular weight excluding hydrogens is 138 g/mol. The zero-order valence-electron chi connectivity index (χ0n) is 3.44. The van der Waals surface area contributed by atoms with Crippen LogP contribution >= 0.6 is 0 Å². The molecule has 1 N–H and O–H groups in total. The second-order valence-electron chi connectivity index (χ2n) is 0.666. The van der Waals surface area contributed by atoms with Crippen molar-refractivity contribution in [3.8, 4) is 0 Å². The molecule has 0 aliphatic rings. The van der Waals surface area contributed by atoms with Crippen LogP contribution in [-0.2, 0) is 15.4 Å². The van der Waals surface area contributed by atoms with Crippen LogP contribution in [0, 0.1) is 0 Å². The molecule has 0 heterocycles. The Kier molecular flexibility index (Phi) is 2.74. The van der Waals surface area contributed by atoms with E-state index in [1.54, 1.807) is 0 Å². The van der Waals surface area contributed by atoms with Crippen LogP contribution in [0.2, 0.25) is 0 Å². The van der Waals surface area contributed by atoms with Gasteiger partial charge in [0.05, 0.1) is 0 Å². The van der Waals surface area contributed by atoms with Gasteiger partial charge in [-0.15, -0.1) is 0 Å². The van der Waals surface area contributed by atoms with E-state index in [2.05, 4.69) is 9.25 Å². The van der Waals surface area contributed by atoms with Crippen LogP contribution < -0.4 is 0 Å². The summed E-state index contributed by atoms with van der Waals surface area (Å²) in [5.74, 6) is 0. The first-order valence-corrected chi connectivity index (χ1v) is 2.36. The van der Waals surface area contributed by atoms with Crippen molar-refractivity contribution < 1.29 is 23.4 Å². The molecule has 0 rings (SSSR count). The Labute approximate surface area is 45.3 Å². The minimum absolute atomic E-state index is 1.56. The van der Waals surface area contributed by atoms with E-state index in [9.17, 15) is 13.2 Å². The van der Waals surface area contributed by atoms with Crippen molar-refractivity contribution in [1.82, 2.24) is 0 Å². The second kappa shape index (κ2) is 3.10. The molecule has 0 aromatic heterocycles. The van der Waals surface area contributed by atoms with Gasteiger partial charge in [0.1, 0.15) is 0 Å². The molecule has 0 aromatic rings. The summed E-state index contributed by atoms with van der Waals surface area (Å²) in [6, 6.07) is 0. The average molecular weight is 139 g/mol. The Morgan fingerprint density at radius 1 is 1.62 bits per heavy atom. The van der Waals surface area contributed by atoms with Crippen LogP contribution in [0.25, 0.3) is 0 Å². The third-order valence-electron chi connectivity index (χ3n) is 0.227. The Balaban J connectivity index is 4.12. The zero-order chi connectivity index (χ0) is 6.57. The van der Waals surface area contributed by atoms with Crippen LogP contribution in [0.15, 0.2) is 4.36 Å². The van der Waals surface area contributed by atoms with E-state index in [-0.39, 0.29) is 0 Å². The molecule has 1 amide bonds. The summed E-state index contributed by atoms with van der Waals surface area (Å²) in [5, 5.41) is 7.37. The van der Waals surface area contributed by atoms with E-state index in [1.807, 2.05) is 0 Å². The lowest BCUT2D eigenvalue weighted by atomic mass is 11.3. The molecule has 46 valence electrons. The first kappa shape index (κ1) is 7.05. The van der Waals surface area contributed by atoms with Gasteiger partial charge in [0.25, 0.3) is 0 Å². The highest BCUT2D eigenvalue weighted by Crippen LogP contribution is 1.74. The third kappa shape index (κ3) is 3.25. The number of carbonyl (C=O) groups is 1. The van der Waals surface area contributed by atoms with Gasteiger partial charge in [-0.05, 0) is 0 Å². The van der Waals surface area contributed by atoms with Gasteiger partial charge in [-0.2, -0.15) is 13.7 Å². The Hall–Kier alpha value is -0.950. The molecule has 0 spiro atoms. The second-order valence-corrected chi connectivity index (χ2v) is 1.28. The van der Waals surface area contributed by atoms with Crippen LogP contribution in [0.1, 0.15) is 0 Å². The summed E-state index contributed by atoms with van der Waals surface area (Å²) in [5.41, 5.74) is 0. The number of hydrogen-bond donors (Lipinski definition) is 1. The maximum atomic E-state index is 9.59. The molecule has 8 heavy (non-hydrogen) atoms. The number of amides is 1. The van der Waals surface area contributed by atoms with Crippen molar-refractivity contribution in [2.45, 2.75) is 0 Å². The third-order valence-corrected chi connectivity index (χ3v) is 0.525. The summed E-state index contributed by atoms with van der Waals surface area (Å²) in [6.07, 6.45) is -1.56. The molecule has 0 atom stereocenters. The van der Waals surface area contributed by atoms with E-state index in [0.29, 0.717) is 0 Å². The lowest BCUT2D eigenvalue weighted by Gasteiger charge is -1.76. The van der Waals surface area contributed by atoms with Gasteiger partial charge in [-0.25, -0.2) is 4.79 Å². The van der Waals surface area contributed by atoms with Gasteiger partial charge < -0.3 is 0 Å². The summed E-state index contributed by atoms with van der Waals surface area (Å²) in [7, 11) is -2.86. The summed E-state index contributed by atoms with van der Waals surface area (Å²) >= 11 is 0. The lowest BCUT2D eigenvalue weighted by Crippen LogP contribution is -1.90. The standard InChI is InChI=1S/CHNO5S/c3-1(7-4)2-8(5)6/h4H. The Morgan fingerprint density at radius 2 is 2.12 bits per heavy atom. The molecule has 0 saturated carbocycles. The normalized spacial score (nSPS) is 7.62. The summed E-state index contributed by atoms with van der Waals surface area (Å²) < 4.78 is 21.0. The largest absolute Gasteiger partial charge is 0.479 e. The van der Waals surface area contributed by atoms with Gasteiger partial charge in [0.15, 0.2) is 0 Å². The van der Waals surface area contributed by atoms with E-state index in [1.165, 1.54) is 0 Å². The van der Waals surface area contributed by atoms with Gasteiger partial charge >= 0.3 is 16.6 Å². The van der Waals surface area contributed by atoms with Crippen molar-refractivity contribution in [1.29, 1.82) is 0 Å². The quantitative estimate of drug-likeness (QED) is 0.366. The predicted octanol–water partition coefficient (Wildman–Crippen LogP) is -0.341. The summed E-state index contributed by atoms with van der Waals surface area (Å²) in [6.45, 7) is 0. The average Bonchev–Trinajstić information content (AvgIpc) is 1.65. The van der Waals surface area contributed by atoms with Crippen molar-refractivity contribution >= 4 is 16.6 Å². The van der Waals surface area contributed by atoms with Crippen molar-refractivity contribution in [2.24, 2.45) is 4.36 Å². The Bertz CT molecular complexity index is 192. The molecule has 0 aliphatic carbocycles. The van der Waals surface area contributed by atoms with E-state index in [4.69, 9.17) is 5.26 Å². The maximum Gasteiger partial charge on any atom is 0.479 e. The predicted molar refractivity (Wildman–Crippen MR) is 20.5 cm³/mol. The topological polar surface area (TPSA) is 93.0 Å². The minimum atomic E-state index is -2.86. The molecule has 0 saturated heterocycles.